The van der Waals surface area contributed by atoms with Gasteiger partial charge in [-0.3, -0.25) is 9.59 Å². The van der Waals surface area contributed by atoms with Crippen molar-refractivity contribution in [1.82, 2.24) is 0 Å². The molecule has 1 aliphatic rings. The first-order valence-corrected chi connectivity index (χ1v) is 5.75. The number of benzene rings is 2. The number of hydrogen-bond donors (Lipinski definition) is 2. The highest BCUT2D eigenvalue weighted by Gasteiger charge is 2.48. The lowest BCUT2D eigenvalue weighted by atomic mass is 9.74. The molecule has 0 atom stereocenters. The minimum atomic E-state index is -2.01. The van der Waals surface area contributed by atoms with E-state index < -0.39 is 17.4 Å². The predicted octanol–water partition coefficient (Wildman–Crippen LogP) is 2.27. The van der Waals surface area contributed by atoms with Crippen molar-refractivity contribution < 1.29 is 19.8 Å². The van der Waals surface area contributed by atoms with E-state index in [4.69, 9.17) is 0 Å². The van der Waals surface area contributed by atoms with Crippen LogP contribution in [-0.2, 0) is 15.0 Å². The summed E-state index contributed by atoms with van der Waals surface area (Å²) in [4.78, 5) is 23.1. The Morgan fingerprint density at radius 1 is 0.947 bits per heavy atom. The molecule has 94 valence electrons. The Bertz CT molecular complexity index is 724. The van der Waals surface area contributed by atoms with Crippen LogP contribution < -0.4 is 0 Å². The van der Waals surface area contributed by atoms with E-state index in [0.717, 1.165) is 10.9 Å². The number of carbonyl (C=O) groups is 2. The molecule has 2 aromatic carbocycles. The minimum Gasteiger partial charge on any atom is -0.480 e. The van der Waals surface area contributed by atoms with E-state index in [1.54, 1.807) is 18.2 Å². The maximum absolute atomic E-state index is 11.5. The predicted molar refractivity (Wildman–Crippen MR) is 69.9 cm³/mol. The Hall–Kier alpha value is -2.62. The fourth-order valence-corrected chi connectivity index (χ4v) is 2.61. The first kappa shape index (κ1) is 11.5. The van der Waals surface area contributed by atoms with E-state index in [1.807, 2.05) is 24.3 Å². The molecule has 0 radical (unpaired) electrons. The Balaban J connectivity index is 2.48. The van der Waals surface area contributed by atoms with Gasteiger partial charge in [0.1, 0.15) is 0 Å². The van der Waals surface area contributed by atoms with Gasteiger partial charge in [0.25, 0.3) is 0 Å². The van der Waals surface area contributed by atoms with E-state index >= 15 is 0 Å². The van der Waals surface area contributed by atoms with Gasteiger partial charge in [-0.1, -0.05) is 48.6 Å². The van der Waals surface area contributed by atoms with Crippen molar-refractivity contribution in [1.29, 1.82) is 0 Å². The summed E-state index contributed by atoms with van der Waals surface area (Å²) in [5, 5.41) is 20.3. The highest BCUT2D eigenvalue weighted by Crippen LogP contribution is 2.39. The molecule has 2 aromatic rings. The molecule has 0 amide bonds. The van der Waals surface area contributed by atoms with Crippen LogP contribution in [0.25, 0.3) is 16.8 Å². The molecule has 3 rings (SSSR count). The van der Waals surface area contributed by atoms with E-state index in [0.29, 0.717) is 10.9 Å². The summed E-state index contributed by atoms with van der Waals surface area (Å²) in [7, 11) is 0. The topological polar surface area (TPSA) is 74.6 Å². The van der Waals surface area contributed by atoms with E-state index in [1.165, 1.54) is 6.08 Å². The van der Waals surface area contributed by atoms with E-state index in [2.05, 4.69) is 0 Å². The van der Waals surface area contributed by atoms with Crippen molar-refractivity contribution in [2.24, 2.45) is 0 Å². The molecule has 1 aliphatic carbocycles. The first-order chi connectivity index (χ1) is 9.07. The number of carboxylic acid groups (broad SMARTS) is 2. The fraction of sp³-hybridized carbons (Fsp3) is 0.0667. The van der Waals surface area contributed by atoms with Crippen molar-refractivity contribution in [2.45, 2.75) is 5.41 Å². The van der Waals surface area contributed by atoms with Gasteiger partial charge < -0.3 is 10.2 Å². The van der Waals surface area contributed by atoms with Crippen LogP contribution in [0, 0.1) is 0 Å². The Labute approximate surface area is 108 Å². The van der Waals surface area contributed by atoms with E-state index in [9.17, 15) is 19.8 Å². The lowest BCUT2D eigenvalue weighted by Crippen LogP contribution is -2.43. The SMILES string of the molecule is O=C(O)C1(C(=O)O)C=Cc2cccc3cccc1c23. The summed E-state index contributed by atoms with van der Waals surface area (Å²) in [6, 6.07) is 10.6. The average Bonchev–Trinajstić information content (AvgIpc) is 2.39. The van der Waals surface area contributed by atoms with Gasteiger partial charge in [-0.05, 0) is 21.9 Å². The molecule has 4 heteroatoms. The fourth-order valence-electron chi connectivity index (χ4n) is 2.61. The minimum absolute atomic E-state index is 0.308. The molecule has 4 nitrogen and oxygen atoms in total. The highest BCUT2D eigenvalue weighted by atomic mass is 16.4. The molecule has 0 saturated heterocycles. The van der Waals surface area contributed by atoms with Gasteiger partial charge in [0.15, 0.2) is 0 Å². The smallest absolute Gasteiger partial charge is 0.329 e. The zero-order valence-corrected chi connectivity index (χ0v) is 9.83. The van der Waals surface area contributed by atoms with Gasteiger partial charge in [0.2, 0.25) is 5.41 Å². The molecular weight excluding hydrogens is 244 g/mol. The van der Waals surface area contributed by atoms with Crippen LogP contribution in [0.5, 0.6) is 0 Å². The number of aliphatic carboxylic acids is 2. The van der Waals surface area contributed by atoms with Gasteiger partial charge in [0, 0.05) is 0 Å². The third kappa shape index (κ3) is 1.34. The first-order valence-electron chi connectivity index (χ1n) is 5.75. The quantitative estimate of drug-likeness (QED) is 0.806. The standard InChI is InChI=1S/C15H10O4/c16-13(17)15(14(18)19)8-7-10-4-1-3-9-5-2-6-11(15)12(9)10/h1-8H,(H,16,17)(H,18,19). The summed E-state index contributed by atoms with van der Waals surface area (Å²) in [5.74, 6) is -2.75. The third-order valence-electron chi connectivity index (χ3n) is 3.55. The van der Waals surface area contributed by atoms with Gasteiger partial charge in [-0.25, -0.2) is 0 Å². The van der Waals surface area contributed by atoms with Crippen LogP contribution in [0.1, 0.15) is 11.1 Å². The van der Waals surface area contributed by atoms with Crippen LogP contribution >= 0.6 is 0 Å². The molecule has 2 N–H and O–H groups in total. The van der Waals surface area contributed by atoms with Gasteiger partial charge in [0.05, 0.1) is 0 Å². The summed E-state index contributed by atoms with van der Waals surface area (Å²) >= 11 is 0. The van der Waals surface area contributed by atoms with Crippen LogP contribution in [0.3, 0.4) is 0 Å². The van der Waals surface area contributed by atoms with Crippen LogP contribution in [0.15, 0.2) is 42.5 Å². The Morgan fingerprint density at radius 2 is 1.58 bits per heavy atom. The maximum Gasteiger partial charge on any atom is 0.329 e. The molecule has 19 heavy (non-hydrogen) atoms. The number of rotatable bonds is 2. The average molecular weight is 254 g/mol. The lowest BCUT2D eigenvalue weighted by molar-refractivity contribution is -0.154. The largest absolute Gasteiger partial charge is 0.480 e. The lowest BCUT2D eigenvalue weighted by Gasteiger charge is -2.27. The molecule has 0 unspecified atom stereocenters. The van der Waals surface area contributed by atoms with Crippen molar-refractivity contribution in [3.63, 3.8) is 0 Å². The van der Waals surface area contributed by atoms with Gasteiger partial charge in [-0.15, -0.1) is 0 Å². The summed E-state index contributed by atoms with van der Waals surface area (Å²) in [6.07, 6.45) is 2.81. The second-order valence-corrected chi connectivity index (χ2v) is 4.50. The molecule has 0 saturated carbocycles. The monoisotopic (exact) mass is 254 g/mol. The molecule has 0 spiro atoms. The second kappa shape index (κ2) is 3.68. The molecule has 0 aliphatic heterocycles. The normalized spacial score (nSPS) is 15.4. The molecule has 0 aromatic heterocycles. The molecular formula is C15H10O4. The maximum atomic E-state index is 11.5. The number of hydrogen-bond acceptors (Lipinski definition) is 2. The number of carboxylic acids is 2. The molecule has 0 heterocycles. The molecule has 0 fully saturated rings. The third-order valence-corrected chi connectivity index (χ3v) is 3.55. The van der Waals surface area contributed by atoms with Gasteiger partial charge in [-0.2, -0.15) is 0 Å². The molecule has 0 bridgehead atoms. The zero-order valence-electron chi connectivity index (χ0n) is 9.83. The van der Waals surface area contributed by atoms with Crippen LogP contribution in [0.4, 0.5) is 0 Å². The summed E-state index contributed by atoms with van der Waals surface area (Å²) in [5.41, 5.74) is -0.859. The zero-order chi connectivity index (χ0) is 13.6. The van der Waals surface area contributed by atoms with Gasteiger partial charge >= 0.3 is 11.9 Å². The highest BCUT2D eigenvalue weighted by molar-refractivity contribution is 6.14. The summed E-state index contributed by atoms with van der Waals surface area (Å²) < 4.78 is 0. The van der Waals surface area contributed by atoms with Crippen molar-refractivity contribution in [3.05, 3.63) is 53.6 Å². The summed E-state index contributed by atoms with van der Waals surface area (Å²) in [6.45, 7) is 0. The van der Waals surface area contributed by atoms with Crippen molar-refractivity contribution in [3.8, 4) is 0 Å². The Morgan fingerprint density at radius 3 is 2.21 bits per heavy atom. The van der Waals surface area contributed by atoms with Crippen LogP contribution in [0.2, 0.25) is 0 Å². The second-order valence-electron chi connectivity index (χ2n) is 4.50. The van der Waals surface area contributed by atoms with Crippen molar-refractivity contribution >= 4 is 28.8 Å². The van der Waals surface area contributed by atoms with Crippen LogP contribution in [-0.4, -0.2) is 22.2 Å². The van der Waals surface area contributed by atoms with E-state index in [-0.39, 0.29) is 0 Å². The van der Waals surface area contributed by atoms with Crippen molar-refractivity contribution in [2.75, 3.05) is 0 Å². The Kier molecular flexibility index (Phi) is 2.22.